The first-order valence-electron chi connectivity index (χ1n) is 8.00. The Kier molecular flexibility index (Phi) is 7.69. The van der Waals surface area contributed by atoms with Crippen molar-refractivity contribution in [3.63, 3.8) is 0 Å². The second kappa shape index (κ2) is 9.55. The number of halogens is 1. The molecule has 1 amide bonds. The molecule has 2 N–H and O–H groups in total. The van der Waals surface area contributed by atoms with E-state index < -0.39 is 10.0 Å². The molecule has 0 saturated carbocycles. The van der Waals surface area contributed by atoms with E-state index in [2.05, 4.69) is 26.0 Å². The SMILES string of the molecule is CSc1ccc(C(C)NC(=O)CCNS(=O)(=O)c2ccc(Br)cc2)cc1. The molecule has 26 heavy (non-hydrogen) atoms. The van der Waals surface area contributed by atoms with Gasteiger partial charge in [0.15, 0.2) is 0 Å². The van der Waals surface area contributed by atoms with Gasteiger partial charge in [-0.25, -0.2) is 13.1 Å². The number of hydrogen-bond acceptors (Lipinski definition) is 4. The molecule has 0 heterocycles. The number of amides is 1. The molecule has 2 rings (SSSR count). The topological polar surface area (TPSA) is 75.3 Å². The maximum absolute atomic E-state index is 12.2. The van der Waals surface area contributed by atoms with Crippen molar-refractivity contribution in [2.24, 2.45) is 0 Å². The fraction of sp³-hybridized carbons (Fsp3) is 0.278. The molecule has 1 atom stereocenters. The van der Waals surface area contributed by atoms with Gasteiger partial charge in [-0.3, -0.25) is 4.79 Å². The Labute approximate surface area is 167 Å². The van der Waals surface area contributed by atoms with E-state index >= 15 is 0 Å². The number of benzene rings is 2. The van der Waals surface area contributed by atoms with Crippen molar-refractivity contribution in [2.75, 3.05) is 12.8 Å². The van der Waals surface area contributed by atoms with Crippen LogP contribution in [0.25, 0.3) is 0 Å². The zero-order chi connectivity index (χ0) is 19.2. The van der Waals surface area contributed by atoms with Gasteiger partial charge in [0.1, 0.15) is 0 Å². The lowest BCUT2D eigenvalue weighted by Crippen LogP contribution is -2.32. The Morgan fingerprint density at radius 1 is 1.12 bits per heavy atom. The number of nitrogens with one attached hydrogen (secondary N) is 2. The molecule has 0 aliphatic rings. The highest BCUT2D eigenvalue weighted by Gasteiger charge is 2.15. The minimum Gasteiger partial charge on any atom is -0.350 e. The van der Waals surface area contributed by atoms with Crippen LogP contribution < -0.4 is 10.0 Å². The summed E-state index contributed by atoms with van der Waals surface area (Å²) in [6.45, 7) is 1.94. The van der Waals surface area contributed by atoms with Crippen molar-refractivity contribution >= 4 is 43.6 Å². The first-order valence-corrected chi connectivity index (χ1v) is 11.5. The van der Waals surface area contributed by atoms with Gasteiger partial charge in [-0.05, 0) is 55.1 Å². The number of carbonyl (C=O) groups excluding carboxylic acids is 1. The first-order chi connectivity index (χ1) is 12.3. The van der Waals surface area contributed by atoms with Crippen LogP contribution in [0.5, 0.6) is 0 Å². The van der Waals surface area contributed by atoms with E-state index in [1.54, 1.807) is 23.9 Å². The summed E-state index contributed by atoms with van der Waals surface area (Å²) in [6.07, 6.45) is 2.08. The van der Waals surface area contributed by atoms with Crippen molar-refractivity contribution in [1.29, 1.82) is 0 Å². The van der Waals surface area contributed by atoms with Gasteiger partial charge < -0.3 is 5.32 Å². The third-order valence-corrected chi connectivity index (χ3v) is 6.51. The molecular formula is C18H21BrN2O3S2. The van der Waals surface area contributed by atoms with Crippen LogP contribution in [0, 0.1) is 0 Å². The summed E-state index contributed by atoms with van der Waals surface area (Å²) in [7, 11) is -3.61. The van der Waals surface area contributed by atoms with E-state index in [-0.39, 0.29) is 29.8 Å². The zero-order valence-electron chi connectivity index (χ0n) is 14.5. The highest BCUT2D eigenvalue weighted by atomic mass is 79.9. The van der Waals surface area contributed by atoms with Gasteiger partial charge in [0.05, 0.1) is 10.9 Å². The number of carbonyl (C=O) groups is 1. The average Bonchev–Trinajstić information content (AvgIpc) is 2.62. The van der Waals surface area contributed by atoms with Crippen molar-refractivity contribution < 1.29 is 13.2 Å². The summed E-state index contributed by atoms with van der Waals surface area (Å²) >= 11 is 4.92. The van der Waals surface area contributed by atoms with Gasteiger partial charge in [0.25, 0.3) is 0 Å². The first kappa shape index (κ1) is 21.0. The third kappa shape index (κ3) is 6.12. The maximum Gasteiger partial charge on any atom is 0.240 e. The molecule has 0 radical (unpaired) electrons. The van der Waals surface area contributed by atoms with Gasteiger partial charge in [0.2, 0.25) is 15.9 Å². The molecule has 5 nitrogen and oxygen atoms in total. The van der Waals surface area contributed by atoms with Crippen LogP contribution >= 0.6 is 27.7 Å². The Balaban J connectivity index is 1.83. The molecule has 0 saturated heterocycles. The summed E-state index contributed by atoms with van der Waals surface area (Å²) in [6, 6.07) is 14.2. The molecule has 0 bridgehead atoms. The summed E-state index contributed by atoms with van der Waals surface area (Å²) in [5.74, 6) is -0.204. The van der Waals surface area contributed by atoms with E-state index in [0.717, 1.165) is 14.9 Å². The number of hydrogen-bond donors (Lipinski definition) is 2. The smallest absolute Gasteiger partial charge is 0.240 e. The Bertz CT molecular complexity index is 838. The van der Waals surface area contributed by atoms with Gasteiger partial charge in [-0.15, -0.1) is 11.8 Å². The minimum absolute atomic E-state index is 0.0440. The average molecular weight is 457 g/mol. The Hall–Kier alpha value is -1.35. The van der Waals surface area contributed by atoms with E-state index in [9.17, 15) is 13.2 Å². The maximum atomic E-state index is 12.2. The molecule has 0 aliphatic heterocycles. The highest BCUT2D eigenvalue weighted by molar-refractivity contribution is 9.10. The van der Waals surface area contributed by atoms with Crippen molar-refractivity contribution in [1.82, 2.24) is 10.0 Å². The summed E-state index contributed by atoms with van der Waals surface area (Å²) in [4.78, 5) is 13.4. The van der Waals surface area contributed by atoms with Crippen LogP contribution in [0.15, 0.2) is 62.8 Å². The lowest BCUT2D eigenvalue weighted by molar-refractivity contribution is -0.121. The predicted octanol–water partition coefficient (Wildman–Crippen LogP) is 3.72. The van der Waals surface area contributed by atoms with E-state index in [4.69, 9.17) is 0 Å². The van der Waals surface area contributed by atoms with Crippen molar-refractivity contribution in [3.05, 3.63) is 58.6 Å². The molecule has 1 unspecified atom stereocenters. The van der Waals surface area contributed by atoms with Gasteiger partial charge >= 0.3 is 0 Å². The summed E-state index contributed by atoms with van der Waals surface area (Å²) in [5, 5.41) is 2.88. The molecule has 2 aromatic carbocycles. The molecule has 140 valence electrons. The molecule has 0 fully saturated rings. The van der Waals surface area contributed by atoms with E-state index in [0.29, 0.717) is 0 Å². The Morgan fingerprint density at radius 2 is 1.73 bits per heavy atom. The van der Waals surface area contributed by atoms with E-state index in [1.807, 2.05) is 37.4 Å². The predicted molar refractivity (Wildman–Crippen MR) is 109 cm³/mol. The lowest BCUT2D eigenvalue weighted by atomic mass is 10.1. The third-order valence-electron chi connectivity index (χ3n) is 3.76. The lowest BCUT2D eigenvalue weighted by Gasteiger charge is -2.15. The molecule has 0 aliphatic carbocycles. The van der Waals surface area contributed by atoms with Crippen LogP contribution in [0.4, 0.5) is 0 Å². The standard InChI is InChI=1S/C18H21BrN2O3S2/c1-13(14-3-7-16(25-2)8-4-14)21-18(22)11-12-20-26(23,24)17-9-5-15(19)6-10-17/h3-10,13,20H,11-12H2,1-2H3,(H,21,22). The zero-order valence-corrected chi connectivity index (χ0v) is 17.7. The van der Waals surface area contributed by atoms with E-state index in [1.165, 1.54) is 12.1 Å². The second-order valence-electron chi connectivity index (χ2n) is 5.66. The molecule has 8 heteroatoms. The second-order valence-corrected chi connectivity index (χ2v) is 9.23. The van der Waals surface area contributed by atoms with Gasteiger partial charge in [-0.1, -0.05) is 28.1 Å². The highest BCUT2D eigenvalue weighted by Crippen LogP contribution is 2.19. The molecule has 2 aromatic rings. The van der Waals surface area contributed by atoms with Gasteiger partial charge in [0, 0.05) is 22.3 Å². The largest absolute Gasteiger partial charge is 0.350 e. The fourth-order valence-corrected chi connectivity index (χ4v) is 3.99. The molecule has 0 spiro atoms. The van der Waals surface area contributed by atoms with Crippen LogP contribution in [-0.2, 0) is 14.8 Å². The van der Waals surface area contributed by atoms with Crippen LogP contribution in [0.1, 0.15) is 24.9 Å². The van der Waals surface area contributed by atoms with Crippen molar-refractivity contribution in [3.8, 4) is 0 Å². The van der Waals surface area contributed by atoms with Crippen molar-refractivity contribution in [2.45, 2.75) is 29.2 Å². The summed E-state index contributed by atoms with van der Waals surface area (Å²) < 4.78 is 27.6. The Morgan fingerprint density at radius 3 is 2.31 bits per heavy atom. The van der Waals surface area contributed by atoms with Crippen LogP contribution in [0.2, 0.25) is 0 Å². The van der Waals surface area contributed by atoms with Gasteiger partial charge in [-0.2, -0.15) is 0 Å². The number of rotatable bonds is 8. The van der Waals surface area contributed by atoms with Crippen LogP contribution in [0.3, 0.4) is 0 Å². The molecule has 0 aromatic heterocycles. The number of thioether (sulfide) groups is 1. The normalized spacial score (nSPS) is 12.6. The number of sulfonamides is 1. The fourth-order valence-electron chi connectivity index (χ4n) is 2.29. The van der Waals surface area contributed by atoms with Crippen LogP contribution in [-0.4, -0.2) is 27.1 Å². The monoisotopic (exact) mass is 456 g/mol. The quantitative estimate of drug-likeness (QED) is 0.593. The molecular weight excluding hydrogens is 436 g/mol. The summed E-state index contributed by atoms with van der Waals surface area (Å²) in [5.41, 5.74) is 1.01. The minimum atomic E-state index is -3.61.